The van der Waals surface area contributed by atoms with E-state index >= 15 is 0 Å². The van der Waals surface area contributed by atoms with Crippen molar-refractivity contribution in [1.29, 1.82) is 0 Å². The first-order valence-electron chi connectivity index (χ1n) is 6.34. The van der Waals surface area contributed by atoms with Crippen molar-refractivity contribution >= 4 is 11.8 Å². The predicted octanol–water partition coefficient (Wildman–Crippen LogP) is 3.50. The molecule has 0 aliphatic heterocycles. The Hall–Kier alpha value is -1.71. The van der Waals surface area contributed by atoms with Crippen LogP contribution in [0, 0.1) is 13.8 Å². The number of nitrogens with one attached hydrogen (secondary N) is 1. The molecule has 0 bridgehead atoms. The summed E-state index contributed by atoms with van der Waals surface area (Å²) in [6, 6.07) is 3.39. The molecule has 0 spiro atoms. The van der Waals surface area contributed by atoms with E-state index < -0.39 is 6.09 Å². The van der Waals surface area contributed by atoms with Gasteiger partial charge in [0.05, 0.1) is 0 Å². The summed E-state index contributed by atoms with van der Waals surface area (Å²) in [5.74, 6) is 0.238. The van der Waals surface area contributed by atoms with Crippen LogP contribution in [0.15, 0.2) is 12.1 Å². The maximum absolute atomic E-state index is 11.7. The van der Waals surface area contributed by atoms with E-state index in [4.69, 9.17) is 4.74 Å². The summed E-state index contributed by atoms with van der Waals surface area (Å²) in [5, 5.41) is 12.3. The van der Waals surface area contributed by atoms with E-state index in [1.165, 1.54) is 0 Å². The lowest BCUT2D eigenvalue weighted by atomic mass is 10.1. The zero-order valence-corrected chi connectivity index (χ0v) is 10.8. The Morgan fingerprint density at radius 2 is 1.94 bits per heavy atom. The second kappa shape index (κ2) is 5.29. The van der Waals surface area contributed by atoms with Crippen molar-refractivity contribution in [3.8, 4) is 5.75 Å². The van der Waals surface area contributed by atoms with Crippen LogP contribution in [0.25, 0.3) is 0 Å². The number of carbonyl (C=O) groups is 1. The van der Waals surface area contributed by atoms with Crippen LogP contribution in [0.2, 0.25) is 0 Å². The van der Waals surface area contributed by atoms with E-state index in [1.807, 2.05) is 6.92 Å². The highest BCUT2D eigenvalue weighted by Crippen LogP contribution is 2.26. The van der Waals surface area contributed by atoms with Gasteiger partial charge in [-0.1, -0.05) is 0 Å². The molecule has 2 rings (SSSR count). The Bertz CT molecular complexity index is 451. The van der Waals surface area contributed by atoms with Crippen molar-refractivity contribution in [2.45, 2.75) is 45.6 Å². The summed E-state index contributed by atoms with van der Waals surface area (Å²) >= 11 is 0. The van der Waals surface area contributed by atoms with Gasteiger partial charge in [0.2, 0.25) is 0 Å². The molecule has 0 radical (unpaired) electrons. The number of hydrogen-bond donors (Lipinski definition) is 2. The fourth-order valence-corrected chi connectivity index (χ4v) is 2.23. The van der Waals surface area contributed by atoms with Gasteiger partial charge in [0.25, 0.3) is 0 Å². The third-order valence-electron chi connectivity index (χ3n) is 3.36. The molecule has 1 amide bonds. The monoisotopic (exact) mass is 249 g/mol. The van der Waals surface area contributed by atoms with Crippen molar-refractivity contribution < 1.29 is 14.6 Å². The van der Waals surface area contributed by atoms with E-state index in [-0.39, 0.29) is 11.9 Å². The number of aryl methyl sites for hydroxylation is 2. The number of carbonyl (C=O) groups excluding carboxylic acids is 1. The van der Waals surface area contributed by atoms with E-state index in [2.05, 4.69) is 5.32 Å². The number of benzene rings is 1. The number of amides is 1. The summed E-state index contributed by atoms with van der Waals surface area (Å²) in [6.45, 7) is 3.63. The number of aromatic hydroxyl groups is 1. The van der Waals surface area contributed by atoms with E-state index in [0.717, 1.165) is 36.8 Å². The van der Waals surface area contributed by atoms with Gasteiger partial charge in [0.1, 0.15) is 11.9 Å². The molecular formula is C14H19NO3. The molecule has 1 saturated carbocycles. The SMILES string of the molecule is Cc1cc(NC(=O)OC2CCCC2)c(C)cc1O. The average molecular weight is 249 g/mol. The number of hydrogen-bond acceptors (Lipinski definition) is 3. The van der Waals surface area contributed by atoms with Crippen LogP contribution in [0.1, 0.15) is 36.8 Å². The molecule has 0 aromatic heterocycles. The molecule has 0 saturated heterocycles. The van der Waals surface area contributed by atoms with Crippen molar-refractivity contribution in [3.05, 3.63) is 23.3 Å². The highest BCUT2D eigenvalue weighted by molar-refractivity contribution is 5.86. The second-order valence-electron chi connectivity index (χ2n) is 4.89. The van der Waals surface area contributed by atoms with Crippen LogP contribution in [0.4, 0.5) is 10.5 Å². The Morgan fingerprint density at radius 3 is 2.61 bits per heavy atom. The van der Waals surface area contributed by atoms with Gasteiger partial charge in [-0.2, -0.15) is 0 Å². The van der Waals surface area contributed by atoms with Gasteiger partial charge in [-0.05, 0) is 62.8 Å². The lowest BCUT2D eigenvalue weighted by Gasteiger charge is -2.14. The molecule has 0 heterocycles. The maximum Gasteiger partial charge on any atom is 0.411 e. The Morgan fingerprint density at radius 1 is 1.28 bits per heavy atom. The summed E-state index contributed by atoms with van der Waals surface area (Å²) in [7, 11) is 0. The maximum atomic E-state index is 11.7. The van der Waals surface area contributed by atoms with E-state index in [0.29, 0.717) is 5.69 Å². The molecule has 1 fully saturated rings. The normalized spacial score (nSPS) is 15.7. The minimum absolute atomic E-state index is 0.0588. The van der Waals surface area contributed by atoms with E-state index in [1.54, 1.807) is 19.1 Å². The molecule has 4 nitrogen and oxygen atoms in total. The fraction of sp³-hybridized carbons (Fsp3) is 0.500. The molecule has 1 aliphatic carbocycles. The molecule has 1 aliphatic rings. The van der Waals surface area contributed by atoms with Crippen molar-refractivity contribution in [1.82, 2.24) is 0 Å². The van der Waals surface area contributed by atoms with Crippen LogP contribution in [0.5, 0.6) is 5.75 Å². The van der Waals surface area contributed by atoms with Crippen LogP contribution in [0.3, 0.4) is 0 Å². The van der Waals surface area contributed by atoms with Crippen LogP contribution >= 0.6 is 0 Å². The standard InChI is InChI=1S/C14H19NO3/c1-9-8-13(16)10(2)7-12(9)15-14(17)18-11-5-3-4-6-11/h7-8,11,16H,3-6H2,1-2H3,(H,15,17). The van der Waals surface area contributed by atoms with Gasteiger partial charge in [-0.3, -0.25) is 5.32 Å². The smallest absolute Gasteiger partial charge is 0.411 e. The Labute approximate surface area is 107 Å². The largest absolute Gasteiger partial charge is 0.508 e. The molecule has 1 aromatic carbocycles. The van der Waals surface area contributed by atoms with Crippen LogP contribution in [-0.4, -0.2) is 17.3 Å². The average Bonchev–Trinajstić information content (AvgIpc) is 2.78. The zero-order valence-electron chi connectivity index (χ0n) is 10.8. The molecule has 98 valence electrons. The third-order valence-corrected chi connectivity index (χ3v) is 3.36. The predicted molar refractivity (Wildman–Crippen MR) is 69.9 cm³/mol. The molecular weight excluding hydrogens is 230 g/mol. The first kappa shape index (κ1) is 12.7. The first-order chi connectivity index (χ1) is 8.56. The number of ether oxygens (including phenoxy) is 1. The molecule has 0 atom stereocenters. The lowest BCUT2D eigenvalue weighted by molar-refractivity contribution is 0.114. The number of phenolic OH excluding ortho intramolecular Hbond substituents is 1. The van der Waals surface area contributed by atoms with E-state index in [9.17, 15) is 9.90 Å². The second-order valence-corrected chi connectivity index (χ2v) is 4.89. The lowest BCUT2D eigenvalue weighted by Crippen LogP contribution is -2.20. The number of rotatable bonds is 2. The molecule has 4 heteroatoms. The number of phenols is 1. The summed E-state index contributed by atoms with van der Waals surface area (Å²) in [5.41, 5.74) is 2.24. The summed E-state index contributed by atoms with van der Waals surface area (Å²) in [6.07, 6.45) is 3.84. The van der Waals surface area contributed by atoms with Gasteiger partial charge in [0, 0.05) is 5.69 Å². The minimum Gasteiger partial charge on any atom is -0.508 e. The van der Waals surface area contributed by atoms with Gasteiger partial charge in [0.15, 0.2) is 0 Å². The highest BCUT2D eigenvalue weighted by Gasteiger charge is 2.19. The highest BCUT2D eigenvalue weighted by atomic mass is 16.6. The number of anilines is 1. The molecule has 0 unspecified atom stereocenters. The van der Waals surface area contributed by atoms with Crippen molar-refractivity contribution in [2.24, 2.45) is 0 Å². The molecule has 18 heavy (non-hydrogen) atoms. The van der Waals surface area contributed by atoms with Gasteiger partial charge in [-0.15, -0.1) is 0 Å². The summed E-state index contributed by atoms with van der Waals surface area (Å²) in [4.78, 5) is 11.7. The Balaban J connectivity index is 2.00. The third kappa shape index (κ3) is 2.94. The van der Waals surface area contributed by atoms with Crippen LogP contribution < -0.4 is 5.32 Å². The quantitative estimate of drug-likeness (QED) is 0.789. The van der Waals surface area contributed by atoms with Gasteiger partial charge < -0.3 is 9.84 Å². The van der Waals surface area contributed by atoms with Gasteiger partial charge in [-0.25, -0.2) is 4.79 Å². The Kier molecular flexibility index (Phi) is 3.75. The molecule has 2 N–H and O–H groups in total. The van der Waals surface area contributed by atoms with Gasteiger partial charge >= 0.3 is 6.09 Å². The topological polar surface area (TPSA) is 58.6 Å². The fourth-order valence-electron chi connectivity index (χ4n) is 2.23. The summed E-state index contributed by atoms with van der Waals surface area (Å²) < 4.78 is 5.33. The van der Waals surface area contributed by atoms with Crippen molar-refractivity contribution in [2.75, 3.05) is 5.32 Å². The van der Waals surface area contributed by atoms with Crippen molar-refractivity contribution in [3.63, 3.8) is 0 Å². The zero-order chi connectivity index (χ0) is 13.1. The first-order valence-corrected chi connectivity index (χ1v) is 6.34. The van der Waals surface area contributed by atoms with Crippen LogP contribution in [-0.2, 0) is 4.74 Å². The molecule has 1 aromatic rings. The minimum atomic E-state index is -0.407.